The number of halogens is 4. The van der Waals surface area contributed by atoms with Crippen molar-refractivity contribution in [2.75, 3.05) is 0 Å². The molecule has 0 aliphatic carbocycles. The first-order chi connectivity index (χ1) is 9.95. The Labute approximate surface area is 117 Å². The van der Waals surface area contributed by atoms with Crippen LogP contribution in [0.3, 0.4) is 0 Å². The molecule has 0 saturated carbocycles. The van der Waals surface area contributed by atoms with Gasteiger partial charge in [0.25, 0.3) is 0 Å². The second-order valence-corrected chi connectivity index (χ2v) is 4.83. The maximum absolute atomic E-state index is 13.8. The highest BCUT2D eigenvalue weighted by molar-refractivity contribution is 5.39. The number of fused-ring (bicyclic) bond motifs is 1. The second kappa shape index (κ2) is 5.04. The molecule has 1 N–H and O–H groups in total. The summed E-state index contributed by atoms with van der Waals surface area (Å²) in [5.41, 5.74) is 0.151. The Morgan fingerprint density at radius 3 is 2.38 bits per heavy atom. The van der Waals surface area contributed by atoms with Gasteiger partial charge in [0, 0.05) is 29.7 Å². The van der Waals surface area contributed by atoms with E-state index < -0.39 is 35.5 Å². The minimum absolute atomic E-state index is 0.0410. The van der Waals surface area contributed by atoms with Crippen molar-refractivity contribution >= 4 is 0 Å². The number of aliphatic hydroxyl groups is 1. The van der Waals surface area contributed by atoms with Crippen molar-refractivity contribution in [2.45, 2.75) is 18.6 Å². The quantitative estimate of drug-likeness (QED) is 0.641. The van der Waals surface area contributed by atoms with Crippen LogP contribution in [0.5, 0.6) is 5.75 Å². The zero-order valence-electron chi connectivity index (χ0n) is 10.6. The smallest absolute Gasteiger partial charge is 0.161 e. The van der Waals surface area contributed by atoms with Gasteiger partial charge in [-0.05, 0) is 18.2 Å². The van der Waals surface area contributed by atoms with Crippen molar-refractivity contribution in [3.8, 4) is 5.75 Å². The Morgan fingerprint density at radius 1 is 0.905 bits per heavy atom. The largest absolute Gasteiger partial charge is 0.485 e. The van der Waals surface area contributed by atoms with E-state index >= 15 is 0 Å². The van der Waals surface area contributed by atoms with Gasteiger partial charge in [-0.25, -0.2) is 17.6 Å². The molecule has 0 fully saturated rings. The van der Waals surface area contributed by atoms with Crippen LogP contribution in [0.4, 0.5) is 17.6 Å². The van der Waals surface area contributed by atoms with E-state index in [4.69, 9.17) is 4.74 Å². The molecule has 6 heteroatoms. The summed E-state index contributed by atoms with van der Waals surface area (Å²) < 4.78 is 58.6. The fourth-order valence-electron chi connectivity index (χ4n) is 2.39. The molecular formula is C15H10F4O2. The van der Waals surface area contributed by atoms with Crippen LogP contribution in [0.25, 0.3) is 0 Å². The van der Waals surface area contributed by atoms with Gasteiger partial charge in [0.2, 0.25) is 0 Å². The molecule has 2 aromatic carbocycles. The molecule has 2 nitrogen and oxygen atoms in total. The van der Waals surface area contributed by atoms with Crippen LogP contribution < -0.4 is 4.74 Å². The lowest BCUT2D eigenvalue weighted by molar-refractivity contribution is 0.0634. The van der Waals surface area contributed by atoms with Gasteiger partial charge in [0.05, 0.1) is 6.10 Å². The molecule has 2 aromatic rings. The standard InChI is InChI=1S/C15H10F4O2/c16-7-1-2-8-13(20)6-15(21-14(8)3-7)9-4-11(18)12(19)5-10(9)17/h1-5,13,15,20H,6H2/t13-,15?/m1/s1. The summed E-state index contributed by atoms with van der Waals surface area (Å²) in [6.07, 6.45) is -2.07. The van der Waals surface area contributed by atoms with E-state index in [0.29, 0.717) is 17.7 Å². The summed E-state index contributed by atoms with van der Waals surface area (Å²) >= 11 is 0. The van der Waals surface area contributed by atoms with Crippen LogP contribution in [-0.2, 0) is 0 Å². The Balaban J connectivity index is 2.01. The van der Waals surface area contributed by atoms with Gasteiger partial charge in [-0.2, -0.15) is 0 Å². The molecule has 1 aliphatic heterocycles. The third kappa shape index (κ3) is 2.47. The lowest BCUT2D eigenvalue weighted by Crippen LogP contribution is -2.20. The van der Waals surface area contributed by atoms with Crippen molar-refractivity contribution in [3.05, 3.63) is 64.7 Å². The summed E-state index contributed by atoms with van der Waals surface area (Å²) in [4.78, 5) is 0. The fourth-order valence-corrected chi connectivity index (χ4v) is 2.39. The van der Waals surface area contributed by atoms with Gasteiger partial charge in [-0.3, -0.25) is 0 Å². The summed E-state index contributed by atoms with van der Waals surface area (Å²) in [5.74, 6) is -4.02. The predicted molar refractivity (Wildman–Crippen MR) is 65.7 cm³/mol. The Morgan fingerprint density at radius 2 is 1.62 bits per heavy atom. The topological polar surface area (TPSA) is 29.5 Å². The third-order valence-corrected chi connectivity index (χ3v) is 3.43. The molecule has 0 amide bonds. The van der Waals surface area contributed by atoms with Crippen LogP contribution >= 0.6 is 0 Å². The van der Waals surface area contributed by atoms with Gasteiger partial charge in [-0.1, -0.05) is 0 Å². The van der Waals surface area contributed by atoms with Crippen molar-refractivity contribution in [2.24, 2.45) is 0 Å². The Kier molecular flexibility index (Phi) is 3.33. The average Bonchev–Trinajstić information content (AvgIpc) is 2.42. The van der Waals surface area contributed by atoms with Crippen LogP contribution in [0.2, 0.25) is 0 Å². The first kappa shape index (κ1) is 13.9. The number of hydrogen-bond donors (Lipinski definition) is 1. The van der Waals surface area contributed by atoms with Crippen LogP contribution in [-0.4, -0.2) is 5.11 Å². The molecule has 0 spiro atoms. The lowest BCUT2D eigenvalue weighted by atomic mass is 9.94. The first-order valence-electron chi connectivity index (χ1n) is 6.24. The van der Waals surface area contributed by atoms with Gasteiger partial charge < -0.3 is 9.84 Å². The number of hydrogen-bond acceptors (Lipinski definition) is 2. The SMILES string of the molecule is O[C@@H]1CC(c2cc(F)c(F)cc2F)Oc2cc(F)ccc21. The molecule has 1 unspecified atom stereocenters. The highest BCUT2D eigenvalue weighted by Crippen LogP contribution is 2.41. The van der Waals surface area contributed by atoms with E-state index in [-0.39, 0.29) is 17.7 Å². The van der Waals surface area contributed by atoms with Crippen LogP contribution in [0, 0.1) is 23.3 Å². The van der Waals surface area contributed by atoms with Crippen molar-refractivity contribution in [1.29, 1.82) is 0 Å². The molecule has 1 heterocycles. The first-order valence-corrected chi connectivity index (χ1v) is 6.24. The van der Waals surface area contributed by atoms with Gasteiger partial charge >= 0.3 is 0 Å². The highest BCUT2D eigenvalue weighted by atomic mass is 19.2. The maximum atomic E-state index is 13.8. The molecule has 0 saturated heterocycles. The minimum Gasteiger partial charge on any atom is -0.485 e. The minimum atomic E-state index is -1.31. The normalized spacial score (nSPS) is 20.8. The Bertz CT molecular complexity index is 702. The van der Waals surface area contributed by atoms with Crippen molar-refractivity contribution in [3.63, 3.8) is 0 Å². The molecule has 21 heavy (non-hydrogen) atoms. The van der Waals surface area contributed by atoms with Gasteiger partial charge in [0.15, 0.2) is 11.6 Å². The van der Waals surface area contributed by atoms with E-state index in [1.54, 1.807) is 0 Å². The van der Waals surface area contributed by atoms with E-state index in [1.807, 2.05) is 0 Å². The molecule has 110 valence electrons. The summed E-state index contributed by atoms with van der Waals surface area (Å²) in [6.45, 7) is 0. The zero-order valence-corrected chi connectivity index (χ0v) is 10.6. The van der Waals surface area contributed by atoms with Crippen LogP contribution in [0.15, 0.2) is 30.3 Å². The molecule has 2 atom stereocenters. The van der Waals surface area contributed by atoms with Gasteiger partial charge in [0.1, 0.15) is 23.5 Å². The van der Waals surface area contributed by atoms with E-state index in [2.05, 4.69) is 0 Å². The third-order valence-electron chi connectivity index (χ3n) is 3.43. The number of aliphatic hydroxyl groups excluding tert-OH is 1. The number of benzene rings is 2. The molecule has 0 bridgehead atoms. The molecular weight excluding hydrogens is 288 g/mol. The lowest BCUT2D eigenvalue weighted by Gasteiger charge is -2.30. The van der Waals surface area contributed by atoms with E-state index in [0.717, 1.165) is 6.07 Å². The van der Waals surface area contributed by atoms with E-state index in [1.165, 1.54) is 12.1 Å². The summed E-state index contributed by atoms with van der Waals surface area (Å²) in [7, 11) is 0. The average molecular weight is 298 g/mol. The number of rotatable bonds is 1. The molecule has 0 radical (unpaired) electrons. The highest BCUT2D eigenvalue weighted by Gasteiger charge is 2.30. The molecule has 1 aliphatic rings. The molecule has 3 rings (SSSR count). The van der Waals surface area contributed by atoms with Gasteiger partial charge in [-0.15, -0.1) is 0 Å². The zero-order chi connectivity index (χ0) is 15.1. The maximum Gasteiger partial charge on any atom is 0.161 e. The summed E-state index contributed by atoms with van der Waals surface area (Å²) in [6, 6.07) is 4.70. The second-order valence-electron chi connectivity index (χ2n) is 4.83. The van der Waals surface area contributed by atoms with Crippen molar-refractivity contribution < 1.29 is 27.4 Å². The van der Waals surface area contributed by atoms with E-state index in [9.17, 15) is 22.7 Å². The predicted octanol–water partition coefficient (Wildman–Crippen LogP) is 3.80. The Hall–Kier alpha value is -2.08. The van der Waals surface area contributed by atoms with Crippen molar-refractivity contribution in [1.82, 2.24) is 0 Å². The fraction of sp³-hybridized carbons (Fsp3) is 0.200. The number of ether oxygens (including phenoxy) is 1. The monoisotopic (exact) mass is 298 g/mol. The van der Waals surface area contributed by atoms with Crippen LogP contribution in [0.1, 0.15) is 29.8 Å². The molecule has 0 aromatic heterocycles. The summed E-state index contributed by atoms with van der Waals surface area (Å²) in [5, 5.41) is 10.0.